The van der Waals surface area contributed by atoms with Crippen molar-refractivity contribution in [1.29, 1.82) is 0 Å². The van der Waals surface area contributed by atoms with E-state index in [-0.39, 0.29) is 12.5 Å². The number of morpholine rings is 1. The van der Waals surface area contributed by atoms with Crippen LogP contribution in [0.5, 0.6) is 0 Å². The van der Waals surface area contributed by atoms with Crippen LogP contribution < -0.4 is 5.32 Å². The van der Waals surface area contributed by atoms with E-state index in [0.717, 1.165) is 89.4 Å². The normalized spacial score (nSPS) is 30.7. The number of piperazine rings is 1. The molecule has 1 N–H and O–H groups in total. The van der Waals surface area contributed by atoms with Crippen LogP contribution in [0.15, 0.2) is 4.99 Å². The molecule has 2 aliphatic carbocycles. The Hall–Kier alpha value is -1.38. The molecule has 8 nitrogen and oxygen atoms in total. The van der Waals surface area contributed by atoms with E-state index in [1.54, 1.807) is 19.0 Å². The van der Waals surface area contributed by atoms with Gasteiger partial charge in [0, 0.05) is 72.5 Å². The third-order valence-corrected chi connectivity index (χ3v) is 7.46. The summed E-state index contributed by atoms with van der Waals surface area (Å²) in [4.78, 5) is 25.9. The molecule has 4 rings (SSSR count). The van der Waals surface area contributed by atoms with Gasteiger partial charge in [-0.3, -0.25) is 14.6 Å². The van der Waals surface area contributed by atoms with E-state index < -0.39 is 0 Å². The summed E-state index contributed by atoms with van der Waals surface area (Å²) in [6.45, 7) is 9.88. The van der Waals surface area contributed by atoms with Crippen LogP contribution in [-0.2, 0) is 9.53 Å². The van der Waals surface area contributed by atoms with Crippen molar-refractivity contribution in [3.05, 3.63) is 0 Å². The molecule has 3 atom stereocenters. The van der Waals surface area contributed by atoms with Crippen molar-refractivity contribution in [3.8, 4) is 0 Å². The molecule has 30 heavy (non-hydrogen) atoms. The van der Waals surface area contributed by atoms with Gasteiger partial charge in [0.25, 0.3) is 0 Å². The molecule has 2 saturated carbocycles. The number of hydrogen-bond donors (Lipinski definition) is 1. The van der Waals surface area contributed by atoms with E-state index in [2.05, 4.69) is 20.0 Å². The van der Waals surface area contributed by atoms with Crippen molar-refractivity contribution < 1.29 is 9.53 Å². The summed E-state index contributed by atoms with van der Waals surface area (Å²) >= 11 is 0. The lowest BCUT2D eigenvalue weighted by Crippen LogP contribution is -2.56. The Morgan fingerprint density at radius 1 is 1.07 bits per heavy atom. The first kappa shape index (κ1) is 21.8. The van der Waals surface area contributed by atoms with E-state index in [0.29, 0.717) is 0 Å². The zero-order valence-corrected chi connectivity index (χ0v) is 18.9. The molecule has 2 bridgehead atoms. The summed E-state index contributed by atoms with van der Waals surface area (Å²) in [5.41, 5.74) is 0. The SMILES string of the molecule is CN(C)C(=O)CN=C(NCCN1CCOCC1)N1CCN(C2CC3CCC2C3)CC1. The second-order valence-electron chi connectivity index (χ2n) is 9.57. The van der Waals surface area contributed by atoms with Gasteiger partial charge in [-0.1, -0.05) is 6.42 Å². The average Bonchev–Trinajstić information content (AvgIpc) is 3.40. The van der Waals surface area contributed by atoms with Gasteiger partial charge in [0.2, 0.25) is 5.91 Å². The number of guanidine groups is 1. The van der Waals surface area contributed by atoms with Gasteiger partial charge in [0.15, 0.2) is 5.96 Å². The van der Waals surface area contributed by atoms with E-state index in [1.165, 1.54) is 25.7 Å². The Labute approximate surface area is 181 Å². The summed E-state index contributed by atoms with van der Waals surface area (Å²) in [5.74, 6) is 2.88. The van der Waals surface area contributed by atoms with Crippen molar-refractivity contribution in [2.45, 2.75) is 31.7 Å². The molecule has 2 saturated heterocycles. The number of ether oxygens (including phenoxy) is 1. The van der Waals surface area contributed by atoms with Gasteiger partial charge < -0.3 is 19.9 Å². The molecular weight excluding hydrogens is 380 g/mol. The molecule has 170 valence electrons. The molecule has 2 aliphatic heterocycles. The van der Waals surface area contributed by atoms with Crippen LogP contribution in [0.2, 0.25) is 0 Å². The lowest BCUT2D eigenvalue weighted by Gasteiger charge is -2.42. The largest absolute Gasteiger partial charge is 0.379 e. The second kappa shape index (κ2) is 10.3. The maximum Gasteiger partial charge on any atom is 0.243 e. The first-order chi connectivity index (χ1) is 14.6. The molecule has 1 amide bonds. The molecule has 3 unspecified atom stereocenters. The first-order valence-corrected chi connectivity index (χ1v) is 11.9. The van der Waals surface area contributed by atoms with Gasteiger partial charge in [0.05, 0.1) is 13.2 Å². The zero-order valence-electron chi connectivity index (χ0n) is 18.9. The average molecular weight is 421 g/mol. The topological polar surface area (TPSA) is 63.7 Å². The number of rotatable bonds is 6. The van der Waals surface area contributed by atoms with E-state index in [4.69, 9.17) is 9.73 Å². The van der Waals surface area contributed by atoms with Crippen molar-refractivity contribution >= 4 is 11.9 Å². The summed E-state index contributed by atoms with van der Waals surface area (Å²) in [6, 6.07) is 0.816. The van der Waals surface area contributed by atoms with Crippen LogP contribution in [0.4, 0.5) is 0 Å². The fraction of sp³-hybridized carbons (Fsp3) is 0.909. The number of carbonyl (C=O) groups excluding carboxylic acids is 1. The highest BCUT2D eigenvalue weighted by Gasteiger charge is 2.42. The Morgan fingerprint density at radius 3 is 2.47 bits per heavy atom. The Balaban J connectivity index is 1.29. The summed E-state index contributed by atoms with van der Waals surface area (Å²) in [5, 5.41) is 3.55. The summed E-state index contributed by atoms with van der Waals surface area (Å²) in [6.07, 6.45) is 5.79. The van der Waals surface area contributed by atoms with Crippen molar-refractivity contribution in [2.75, 3.05) is 86.2 Å². The number of likely N-dealkylation sites (N-methyl/N-ethyl adjacent to an activating group) is 1. The van der Waals surface area contributed by atoms with E-state index in [9.17, 15) is 4.79 Å². The lowest BCUT2D eigenvalue weighted by molar-refractivity contribution is -0.127. The number of nitrogens with zero attached hydrogens (tertiary/aromatic N) is 5. The maximum absolute atomic E-state index is 12.1. The number of amides is 1. The van der Waals surface area contributed by atoms with Crippen LogP contribution in [-0.4, -0.2) is 124 Å². The monoisotopic (exact) mass is 420 g/mol. The highest BCUT2D eigenvalue weighted by atomic mass is 16.5. The zero-order chi connectivity index (χ0) is 20.9. The van der Waals surface area contributed by atoms with Gasteiger partial charge in [-0.15, -0.1) is 0 Å². The van der Waals surface area contributed by atoms with Gasteiger partial charge in [0.1, 0.15) is 6.54 Å². The molecule has 0 spiro atoms. The Kier molecular flexibility index (Phi) is 7.49. The van der Waals surface area contributed by atoms with Gasteiger partial charge in [-0.05, 0) is 31.1 Å². The third kappa shape index (κ3) is 5.45. The smallest absolute Gasteiger partial charge is 0.243 e. The Morgan fingerprint density at radius 2 is 1.83 bits per heavy atom. The minimum absolute atomic E-state index is 0.0445. The molecule has 0 aromatic rings. The molecule has 2 heterocycles. The first-order valence-electron chi connectivity index (χ1n) is 11.9. The minimum Gasteiger partial charge on any atom is -0.379 e. The summed E-state index contributed by atoms with van der Waals surface area (Å²) in [7, 11) is 3.58. The van der Waals surface area contributed by atoms with E-state index >= 15 is 0 Å². The maximum atomic E-state index is 12.1. The van der Waals surface area contributed by atoms with Crippen molar-refractivity contribution in [2.24, 2.45) is 16.8 Å². The quantitative estimate of drug-likeness (QED) is 0.488. The molecule has 0 aromatic heterocycles. The number of hydrogen-bond acceptors (Lipinski definition) is 5. The lowest BCUT2D eigenvalue weighted by atomic mass is 9.93. The number of nitrogens with one attached hydrogen (secondary N) is 1. The van der Waals surface area contributed by atoms with Gasteiger partial charge in [-0.2, -0.15) is 0 Å². The van der Waals surface area contributed by atoms with Crippen LogP contribution in [0.25, 0.3) is 0 Å². The molecule has 0 radical (unpaired) electrons. The highest BCUT2D eigenvalue weighted by molar-refractivity contribution is 5.84. The molecule has 0 aromatic carbocycles. The van der Waals surface area contributed by atoms with Gasteiger partial charge in [-0.25, -0.2) is 4.99 Å². The fourth-order valence-electron chi connectivity index (χ4n) is 5.63. The van der Waals surface area contributed by atoms with Crippen LogP contribution in [0.3, 0.4) is 0 Å². The summed E-state index contributed by atoms with van der Waals surface area (Å²) < 4.78 is 5.44. The predicted octanol–water partition coefficient (Wildman–Crippen LogP) is 0.159. The number of aliphatic imine (C=N–C) groups is 1. The molecular formula is C22H40N6O2. The molecule has 4 aliphatic rings. The third-order valence-electron chi connectivity index (χ3n) is 7.46. The van der Waals surface area contributed by atoms with Crippen molar-refractivity contribution in [1.82, 2.24) is 24.9 Å². The molecule has 4 fully saturated rings. The van der Waals surface area contributed by atoms with Crippen LogP contribution in [0, 0.1) is 11.8 Å². The second-order valence-corrected chi connectivity index (χ2v) is 9.57. The Bertz CT molecular complexity index is 598. The predicted molar refractivity (Wildman–Crippen MR) is 119 cm³/mol. The van der Waals surface area contributed by atoms with Gasteiger partial charge >= 0.3 is 0 Å². The van der Waals surface area contributed by atoms with Crippen molar-refractivity contribution in [3.63, 3.8) is 0 Å². The number of carbonyl (C=O) groups is 1. The van der Waals surface area contributed by atoms with Crippen LogP contribution >= 0.6 is 0 Å². The molecule has 8 heteroatoms. The highest BCUT2D eigenvalue weighted by Crippen LogP contribution is 2.46. The minimum atomic E-state index is 0.0445. The standard InChI is InChI=1S/C22H40N6O2/c1-25(2)21(29)17-24-22(23-5-6-26-11-13-30-14-12-26)28-9-7-27(8-10-28)20-16-18-3-4-19(20)15-18/h18-20H,3-17H2,1-2H3,(H,23,24). The van der Waals surface area contributed by atoms with Crippen LogP contribution in [0.1, 0.15) is 25.7 Å². The van der Waals surface area contributed by atoms with E-state index in [1.807, 2.05) is 0 Å². The fourth-order valence-corrected chi connectivity index (χ4v) is 5.63. The number of fused-ring (bicyclic) bond motifs is 2.